The van der Waals surface area contributed by atoms with Crippen molar-refractivity contribution in [3.05, 3.63) is 118 Å². The fraction of sp³-hybridized carbons (Fsp3) is 0.429. The second kappa shape index (κ2) is 19.4. The summed E-state index contributed by atoms with van der Waals surface area (Å²) in [6, 6.07) is 14.2. The minimum atomic E-state index is -1.10. The molecule has 2 aromatic carbocycles. The zero-order valence-corrected chi connectivity index (χ0v) is 44.4. The highest BCUT2D eigenvalue weighted by atomic mass is 19.1. The summed E-state index contributed by atoms with van der Waals surface area (Å²) in [4.78, 5) is 9.49. The predicted molar refractivity (Wildman–Crippen MR) is 280 cm³/mol. The third-order valence-electron chi connectivity index (χ3n) is 15.2. The fourth-order valence-electron chi connectivity index (χ4n) is 11.4. The highest BCUT2D eigenvalue weighted by Gasteiger charge is 2.36. The van der Waals surface area contributed by atoms with Gasteiger partial charge in [0.25, 0.3) is 0 Å². The van der Waals surface area contributed by atoms with Gasteiger partial charge >= 0.3 is 0 Å². The van der Waals surface area contributed by atoms with E-state index in [2.05, 4.69) is 40.1 Å². The number of pyridine rings is 2. The average Bonchev–Trinajstić information content (AvgIpc) is 4.31. The zero-order valence-electron chi connectivity index (χ0n) is 44.4. The Labute approximate surface area is 436 Å². The Morgan fingerprint density at radius 3 is 1.25 bits per heavy atom. The van der Waals surface area contributed by atoms with Crippen molar-refractivity contribution in [2.24, 2.45) is 25.9 Å². The fourth-order valence-corrected chi connectivity index (χ4v) is 11.4. The number of hydrogen-bond donors (Lipinski definition) is 2. The van der Waals surface area contributed by atoms with Gasteiger partial charge in [0.15, 0.2) is 0 Å². The lowest BCUT2D eigenvalue weighted by Gasteiger charge is -2.31. The van der Waals surface area contributed by atoms with E-state index in [1.54, 1.807) is 75.7 Å². The highest BCUT2D eigenvalue weighted by Crippen LogP contribution is 2.45. The van der Waals surface area contributed by atoms with E-state index in [1.165, 1.54) is 0 Å². The molecule has 2 unspecified atom stereocenters. The topological polar surface area (TPSA) is 208 Å². The number of fused-ring (bicyclic) bond motifs is 6. The number of rotatable bonds is 10. The van der Waals surface area contributed by atoms with Crippen LogP contribution < -0.4 is 0 Å². The van der Waals surface area contributed by atoms with E-state index in [-0.39, 0.29) is 35.6 Å². The molecule has 0 radical (unpaired) electrons. The second-order valence-corrected chi connectivity index (χ2v) is 21.5. The molecule has 2 aliphatic rings. The first-order valence-electron chi connectivity index (χ1n) is 25.7. The number of aliphatic hydroxyl groups is 2. The molecule has 12 rings (SSSR count). The predicted octanol–water partition coefficient (Wildman–Crippen LogP) is 9.94. The summed E-state index contributed by atoms with van der Waals surface area (Å²) in [6.45, 7) is 16.9. The Bertz CT molecular complexity index is 3520. The van der Waals surface area contributed by atoms with Crippen molar-refractivity contribution in [3.63, 3.8) is 0 Å². The van der Waals surface area contributed by atoms with Gasteiger partial charge in [-0.25, -0.2) is 18.1 Å². The molecular weight excluding hydrogens is 975 g/mol. The van der Waals surface area contributed by atoms with Gasteiger partial charge in [-0.3, -0.25) is 9.97 Å². The monoisotopic (exact) mass is 1040 g/mol. The molecule has 10 aromatic rings. The maximum absolute atomic E-state index is 15.7. The standard InChI is InChI=1S/2C28H31FN6O3/c2*1-15-10-22(32-38-15)27(17-6-8-37-9-7-17)35-23-13-19(26-16(2)31-33-34(26)5)21(29)12-20(23)25-24(35)11-18(14-30-25)28(3,4)36/h2*10-14,17,27,36H,6-9H2,1-5H3. The molecule has 20 heteroatoms. The van der Waals surface area contributed by atoms with Crippen LogP contribution in [-0.4, -0.2) is 96.0 Å². The van der Waals surface area contributed by atoms with E-state index in [4.69, 9.17) is 28.5 Å². The van der Waals surface area contributed by atoms with E-state index in [9.17, 15) is 10.2 Å². The summed E-state index contributed by atoms with van der Waals surface area (Å²) >= 11 is 0. The number of hydrogen-bond acceptors (Lipinski definition) is 14. The molecule has 0 aliphatic carbocycles. The third-order valence-corrected chi connectivity index (χ3v) is 15.2. The Morgan fingerprint density at radius 2 is 0.934 bits per heavy atom. The largest absolute Gasteiger partial charge is 0.386 e. The first kappa shape index (κ1) is 50.9. The van der Waals surface area contributed by atoms with Crippen molar-refractivity contribution in [2.45, 2.75) is 104 Å². The first-order valence-corrected chi connectivity index (χ1v) is 25.7. The van der Waals surface area contributed by atoms with Crippen molar-refractivity contribution in [3.8, 4) is 22.5 Å². The molecule has 76 heavy (non-hydrogen) atoms. The zero-order chi connectivity index (χ0) is 53.5. The van der Waals surface area contributed by atoms with Crippen molar-refractivity contribution in [1.82, 2.24) is 59.4 Å². The van der Waals surface area contributed by atoms with Gasteiger partial charge in [-0.1, -0.05) is 20.7 Å². The Balaban J connectivity index is 0.000000162. The minimum Gasteiger partial charge on any atom is -0.386 e. The van der Waals surface area contributed by atoms with Crippen LogP contribution in [0.3, 0.4) is 0 Å². The maximum atomic E-state index is 15.7. The van der Waals surface area contributed by atoms with Crippen LogP contribution in [0.25, 0.3) is 66.4 Å². The molecule has 2 atom stereocenters. The summed E-state index contributed by atoms with van der Waals surface area (Å²) in [5.41, 5.74) is 8.63. The normalized spacial score (nSPS) is 16.1. The van der Waals surface area contributed by atoms with Crippen LogP contribution >= 0.6 is 0 Å². The van der Waals surface area contributed by atoms with Crippen LogP contribution in [0.15, 0.2) is 70.0 Å². The van der Waals surface area contributed by atoms with Crippen molar-refractivity contribution in [2.75, 3.05) is 26.4 Å². The third kappa shape index (κ3) is 9.03. The number of aryl methyl sites for hydroxylation is 6. The molecule has 2 saturated heterocycles. The van der Waals surface area contributed by atoms with Crippen molar-refractivity contribution >= 4 is 43.9 Å². The summed E-state index contributed by atoms with van der Waals surface area (Å²) in [7, 11) is 3.52. The second-order valence-electron chi connectivity index (χ2n) is 21.5. The van der Waals surface area contributed by atoms with Gasteiger partial charge in [0.2, 0.25) is 0 Å². The van der Waals surface area contributed by atoms with Gasteiger partial charge in [-0.2, -0.15) is 0 Å². The number of ether oxygens (including phenoxy) is 2. The number of nitrogens with zero attached hydrogens (tertiary/aromatic N) is 12. The summed E-state index contributed by atoms with van der Waals surface area (Å²) in [5.74, 6) is 1.09. The van der Waals surface area contributed by atoms with E-state index in [0.29, 0.717) is 93.3 Å². The Kier molecular flexibility index (Phi) is 13.0. The number of halogens is 2. The van der Waals surface area contributed by atoms with Crippen LogP contribution in [0.2, 0.25) is 0 Å². The molecule has 18 nitrogen and oxygen atoms in total. The van der Waals surface area contributed by atoms with E-state index >= 15 is 8.78 Å². The van der Waals surface area contributed by atoms with E-state index in [0.717, 1.165) is 70.7 Å². The van der Waals surface area contributed by atoms with Crippen LogP contribution in [0, 0.1) is 51.2 Å². The Morgan fingerprint density at radius 1 is 0.553 bits per heavy atom. The number of benzene rings is 2. The van der Waals surface area contributed by atoms with Gasteiger partial charge in [-0.15, -0.1) is 10.2 Å². The molecule has 0 spiro atoms. The van der Waals surface area contributed by atoms with Gasteiger partial charge in [0.05, 0.1) is 79.2 Å². The van der Waals surface area contributed by atoms with Crippen LogP contribution in [-0.2, 0) is 34.8 Å². The maximum Gasteiger partial charge on any atom is 0.134 e. The minimum absolute atomic E-state index is 0.200. The van der Waals surface area contributed by atoms with Crippen LogP contribution in [0.1, 0.15) is 111 Å². The molecule has 396 valence electrons. The summed E-state index contributed by atoms with van der Waals surface area (Å²) in [5, 5.41) is 48.4. The van der Waals surface area contributed by atoms with Crippen LogP contribution in [0.4, 0.5) is 8.78 Å². The average molecular weight is 1040 g/mol. The van der Waals surface area contributed by atoms with Gasteiger partial charge < -0.3 is 37.9 Å². The van der Waals surface area contributed by atoms with Gasteiger partial charge in [0.1, 0.15) is 34.5 Å². The quantitative estimate of drug-likeness (QED) is 0.131. The number of aromatic nitrogens is 12. The molecule has 10 heterocycles. The molecule has 2 fully saturated rings. The molecule has 2 aliphatic heterocycles. The molecule has 0 bridgehead atoms. The molecule has 0 amide bonds. The molecular formula is C56H62F2N12O6. The first-order chi connectivity index (χ1) is 36.3. The Hall–Kier alpha value is -7.26. The lowest BCUT2D eigenvalue weighted by Crippen LogP contribution is -2.27. The summed E-state index contributed by atoms with van der Waals surface area (Å²) in [6.07, 6.45) is 6.70. The lowest BCUT2D eigenvalue weighted by molar-refractivity contribution is 0.0542. The van der Waals surface area contributed by atoms with E-state index in [1.807, 2.05) is 64.1 Å². The SMILES string of the molecule is Cc1cc(C(C2CCOCC2)n2c3cc(-c4c(C)nnn4C)c(F)cc3c3ncc(C(C)(C)O)cc32)no1.Cc1cc(C(C2CCOCC2)n2c3cc(-c4c(C)nnn4C)c(F)cc3c3ncc(C(C)(C)O)cc32)no1. The molecule has 2 N–H and O–H groups in total. The summed E-state index contributed by atoms with van der Waals surface area (Å²) < 4.78 is 61.5. The smallest absolute Gasteiger partial charge is 0.134 e. The van der Waals surface area contributed by atoms with E-state index < -0.39 is 11.2 Å². The lowest BCUT2D eigenvalue weighted by atomic mass is 9.89. The van der Waals surface area contributed by atoms with Crippen molar-refractivity contribution in [1.29, 1.82) is 0 Å². The molecule has 8 aromatic heterocycles. The highest BCUT2D eigenvalue weighted by molar-refractivity contribution is 6.08. The molecule has 0 saturated carbocycles. The van der Waals surface area contributed by atoms with Gasteiger partial charge in [0, 0.05) is 98.1 Å². The van der Waals surface area contributed by atoms with Crippen LogP contribution in [0.5, 0.6) is 0 Å². The van der Waals surface area contributed by atoms with Crippen molar-refractivity contribution < 1.29 is 37.5 Å². The van der Waals surface area contributed by atoms with Gasteiger partial charge in [-0.05, 0) is 129 Å².